The highest BCUT2D eigenvalue weighted by Crippen LogP contribution is 2.33. The number of rotatable bonds is 9. The molecule has 0 aromatic heterocycles. The van der Waals surface area contributed by atoms with Gasteiger partial charge < -0.3 is 10.1 Å². The smallest absolute Gasteiger partial charge is 0.0547 e. The maximum atomic E-state index is 5.78. The Morgan fingerprint density at radius 1 is 1.29 bits per heavy atom. The summed E-state index contributed by atoms with van der Waals surface area (Å²) < 4.78 is 5.78. The van der Waals surface area contributed by atoms with E-state index in [4.69, 9.17) is 4.74 Å². The SMILES string of the molecule is CCNCC1(CN(CCC(C)C)C2CCCC2)CCOC1. The van der Waals surface area contributed by atoms with Crippen LogP contribution in [0.1, 0.15) is 59.3 Å². The van der Waals surface area contributed by atoms with Crippen LogP contribution in [0.4, 0.5) is 0 Å². The van der Waals surface area contributed by atoms with Crippen molar-refractivity contribution in [3.05, 3.63) is 0 Å². The summed E-state index contributed by atoms with van der Waals surface area (Å²) >= 11 is 0. The van der Waals surface area contributed by atoms with Crippen LogP contribution in [0.3, 0.4) is 0 Å². The van der Waals surface area contributed by atoms with E-state index in [2.05, 4.69) is 31.0 Å². The lowest BCUT2D eigenvalue weighted by Crippen LogP contribution is -2.48. The van der Waals surface area contributed by atoms with Crippen LogP contribution in [-0.4, -0.2) is 50.3 Å². The number of nitrogens with one attached hydrogen (secondary N) is 1. The van der Waals surface area contributed by atoms with Crippen LogP contribution < -0.4 is 5.32 Å². The molecule has 1 aliphatic carbocycles. The quantitative estimate of drug-likeness (QED) is 0.706. The average Bonchev–Trinajstić information content (AvgIpc) is 3.13. The molecule has 2 rings (SSSR count). The molecule has 1 aliphatic heterocycles. The fraction of sp³-hybridized carbons (Fsp3) is 1.00. The molecule has 1 saturated carbocycles. The lowest BCUT2D eigenvalue weighted by molar-refractivity contribution is 0.0827. The molecule has 0 amide bonds. The number of nitrogens with zero attached hydrogens (tertiary/aromatic N) is 1. The summed E-state index contributed by atoms with van der Waals surface area (Å²) in [7, 11) is 0. The minimum atomic E-state index is 0.357. The first kappa shape index (κ1) is 17.2. The highest BCUT2D eigenvalue weighted by molar-refractivity contribution is 4.91. The van der Waals surface area contributed by atoms with Gasteiger partial charge in [-0.2, -0.15) is 0 Å². The molecule has 1 N–H and O–H groups in total. The van der Waals surface area contributed by atoms with Crippen molar-refractivity contribution in [3.63, 3.8) is 0 Å². The lowest BCUT2D eigenvalue weighted by Gasteiger charge is -2.38. The van der Waals surface area contributed by atoms with Gasteiger partial charge in [0.05, 0.1) is 6.61 Å². The summed E-state index contributed by atoms with van der Waals surface area (Å²) in [6, 6.07) is 0.836. The Morgan fingerprint density at radius 2 is 2.05 bits per heavy atom. The van der Waals surface area contributed by atoms with Crippen LogP contribution in [0.2, 0.25) is 0 Å². The third-order valence-corrected chi connectivity index (χ3v) is 5.31. The van der Waals surface area contributed by atoms with Gasteiger partial charge in [0, 0.05) is 31.2 Å². The topological polar surface area (TPSA) is 24.5 Å². The van der Waals surface area contributed by atoms with E-state index < -0.39 is 0 Å². The van der Waals surface area contributed by atoms with Crippen molar-refractivity contribution in [3.8, 4) is 0 Å². The fourth-order valence-corrected chi connectivity index (χ4v) is 3.87. The summed E-state index contributed by atoms with van der Waals surface area (Å²) in [5.74, 6) is 0.804. The molecule has 124 valence electrons. The molecule has 0 aromatic carbocycles. The van der Waals surface area contributed by atoms with Gasteiger partial charge in [0.15, 0.2) is 0 Å². The molecule has 3 nitrogen and oxygen atoms in total. The van der Waals surface area contributed by atoms with Crippen molar-refractivity contribution >= 4 is 0 Å². The fourth-order valence-electron chi connectivity index (χ4n) is 3.87. The van der Waals surface area contributed by atoms with Crippen LogP contribution in [-0.2, 0) is 4.74 Å². The van der Waals surface area contributed by atoms with Gasteiger partial charge >= 0.3 is 0 Å². The van der Waals surface area contributed by atoms with Gasteiger partial charge in [0.1, 0.15) is 0 Å². The van der Waals surface area contributed by atoms with E-state index in [-0.39, 0.29) is 0 Å². The molecule has 1 heterocycles. The van der Waals surface area contributed by atoms with Crippen LogP contribution >= 0.6 is 0 Å². The maximum Gasteiger partial charge on any atom is 0.0547 e. The Balaban J connectivity index is 1.96. The van der Waals surface area contributed by atoms with E-state index in [1.165, 1.54) is 51.6 Å². The summed E-state index contributed by atoms with van der Waals surface area (Å²) in [6.45, 7) is 13.5. The predicted octanol–water partition coefficient (Wildman–Crippen LogP) is 3.29. The second kappa shape index (κ2) is 8.50. The molecule has 1 atom stereocenters. The van der Waals surface area contributed by atoms with E-state index in [1.54, 1.807) is 0 Å². The average molecular weight is 296 g/mol. The maximum absolute atomic E-state index is 5.78. The highest BCUT2D eigenvalue weighted by atomic mass is 16.5. The molecule has 1 unspecified atom stereocenters. The third kappa shape index (κ3) is 5.22. The first-order chi connectivity index (χ1) is 10.2. The molecule has 0 aromatic rings. The minimum absolute atomic E-state index is 0.357. The van der Waals surface area contributed by atoms with Crippen molar-refractivity contribution in [1.29, 1.82) is 0 Å². The Bertz CT molecular complexity index is 281. The molecule has 1 saturated heterocycles. The normalized spacial score (nSPS) is 27.3. The Kier molecular flexibility index (Phi) is 6.97. The zero-order valence-electron chi connectivity index (χ0n) is 14.5. The molecule has 3 heteroatoms. The number of ether oxygens (including phenoxy) is 1. The van der Waals surface area contributed by atoms with Crippen LogP contribution in [0.5, 0.6) is 0 Å². The standard InChI is InChI=1S/C18H36N2O/c1-4-19-13-18(10-12-21-15-18)14-20(11-9-16(2)3)17-7-5-6-8-17/h16-17,19H,4-15H2,1-3H3. The Morgan fingerprint density at radius 3 is 2.62 bits per heavy atom. The Hall–Kier alpha value is -0.120. The summed E-state index contributed by atoms with van der Waals surface area (Å²) in [5.41, 5.74) is 0.357. The summed E-state index contributed by atoms with van der Waals surface area (Å²) in [6.07, 6.45) is 8.24. The molecule has 0 bridgehead atoms. The second-order valence-corrected chi connectivity index (χ2v) is 7.67. The molecule has 2 aliphatic rings. The van der Waals surface area contributed by atoms with E-state index in [1.807, 2.05) is 0 Å². The van der Waals surface area contributed by atoms with Crippen LogP contribution in [0, 0.1) is 11.3 Å². The number of hydrogen-bond acceptors (Lipinski definition) is 3. The second-order valence-electron chi connectivity index (χ2n) is 7.67. The monoisotopic (exact) mass is 296 g/mol. The van der Waals surface area contributed by atoms with Gasteiger partial charge in [-0.25, -0.2) is 0 Å². The summed E-state index contributed by atoms with van der Waals surface area (Å²) in [4.78, 5) is 2.82. The predicted molar refractivity (Wildman–Crippen MR) is 89.7 cm³/mol. The zero-order valence-corrected chi connectivity index (χ0v) is 14.5. The lowest BCUT2D eigenvalue weighted by atomic mass is 9.85. The van der Waals surface area contributed by atoms with Gasteiger partial charge in [0.2, 0.25) is 0 Å². The largest absolute Gasteiger partial charge is 0.381 e. The van der Waals surface area contributed by atoms with E-state index in [0.717, 1.165) is 38.3 Å². The van der Waals surface area contributed by atoms with Crippen molar-refractivity contribution < 1.29 is 4.74 Å². The first-order valence-electron chi connectivity index (χ1n) is 9.18. The first-order valence-corrected chi connectivity index (χ1v) is 9.18. The van der Waals surface area contributed by atoms with Gasteiger partial charge in [-0.05, 0) is 44.7 Å². The van der Waals surface area contributed by atoms with Crippen molar-refractivity contribution in [2.45, 2.75) is 65.3 Å². The minimum Gasteiger partial charge on any atom is -0.381 e. The van der Waals surface area contributed by atoms with Crippen molar-refractivity contribution in [2.75, 3.05) is 39.4 Å². The molecule has 21 heavy (non-hydrogen) atoms. The molecule has 0 radical (unpaired) electrons. The van der Waals surface area contributed by atoms with Gasteiger partial charge in [-0.15, -0.1) is 0 Å². The molecule has 0 spiro atoms. The van der Waals surface area contributed by atoms with Crippen molar-refractivity contribution in [1.82, 2.24) is 10.2 Å². The van der Waals surface area contributed by atoms with Crippen LogP contribution in [0.25, 0.3) is 0 Å². The highest BCUT2D eigenvalue weighted by Gasteiger charge is 2.38. The Labute approximate surface area is 131 Å². The van der Waals surface area contributed by atoms with Crippen LogP contribution in [0.15, 0.2) is 0 Å². The van der Waals surface area contributed by atoms with Gasteiger partial charge in [-0.1, -0.05) is 33.6 Å². The van der Waals surface area contributed by atoms with Crippen molar-refractivity contribution in [2.24, 2.45) is 11.3 Å². The van der Waals surface area contributed by atoms with E-state index in [0.29, 0.717) is 5.41 Å². The number of hydrogen-bond donors (Lipinski definition) is 1. The van der Waals surface area contributed by atoms with Gasteiger partial charge in [-0.3, -0.25) is 4.90 Å². The third-order valence-electron chi connectivity index (χ3n) is 5.31. The summed E-state index contributed by atoms with van der Waals surface area (Å²) in [5, 5.41) is 3.59. The molecule has 2 fully saturated rings. The molecular weight excluding hydrogens is 260 g/mol. The van der Waals surface area contributed by atoms with Gasteiger partial charge in [0.25, 0.3) is 0 Å². The zero-order chi connectivity index (χ0) is 15.1. The van der Waals surface area contributed by atoms with E-state index >= 15 is 0 Å². The van der Waals surface area contributed by atoms with E-state index in [9.17, 15) is 0 Å². The molecular formula is C18H36N2O.